The zero-order chi connectivity index (χ0) is 13.8. The van der Waals surface area contributed by atoms with E-state index in [1.54, 1.807) is 6.07 Å². The van der Waals surface area contributed by atoms with E-state index in [2.05, 4.69) is 5.32 Å². The normalized spacial score (nSPS) is 11.0. The second-order valence-corrected chi connectivity index (χ2v) is 6.10. The molecule has 0 heterocycles. The van der Waals surface area contributed by atoms with Crippen molar-refractivity contribution in [3.05, 3.63) is 23.8 Å². The highest BCUT2D eigenvalue weighted by Crippen LogP contribution is 2.19. The summed E-state index contributed by atoms with van der Waals surface area (Å²) in [5.74, 6) is 0.0495. The molecule has 1 aromatic carbocycles. The molecule has 0 aliphatic rings. The molecule has 0 spiro atoms. The van der Waals surface area contributed by atoms with E-state index in [-0.39, 0.29) is 18.0 Å². The maximum atomic E-state index is 11.7. The maximum absolute atomic E-state index is 11.7. The third kappa shape index (κ3) is 4.25. The number of hydrogen-bond donors (Lipinski definition) is 2. The van der Waals surface area contributed by atoms with Crippen molar-refractivity contribution in [2.24, 2.45) is 0 Å². The molecule has 0 unspecified atom stereocenters. The Morgan fingerprint density at radius 3 is 2.61 bits per heavy atom. The van der Waals surface area contributed by atoms with E-state index < -0.39 is 15.7 Å². The fraction of sp³-hybridized carbons (Fsp3) is 0.364. The minimum absolute atomic E-state index is 0.0587. The topological polar surface area (TPSA) is 98.5 Å². The fourth-order valence-electron chi connectivity index (χ4n) is 1.32. The Kier molecular flexibility index (Phi) is 4.55. The Bertz CT molecular complexity index is 540. The Labute approximate surface area is 106 Å². The van der Waals surface area contributed by atoms with E-state index in [4.69, 9.17) is 10.5 Å². The number of anilines is 1. The van der Waals surface area contributed by atoms with E-state index in [1.165, 1.54) is 19.2 Å². The van der Waals surface area contributed by atoms with Gasteiger partial charge in [0.15, 0.2) is 0 Å². The lowest BCUT2D eigenvalue weighted by atomic mass is 10.1. The van der Waals surface area contributed by atoms with Gasteiger partial charge in [-0.15, -0.1) is 0 Å². The van der Waals surface area contributed by atoms with Gasteiger partial charge >= 0.3 is 0 Å². The summed E-state index contributed by atoms with van der Waals surface area (Å²) in [4.78, 5) is 11.7. The number of carbonyl (C=O) groups is 1. The number of carbonyl (C=O) groups excluding carboxylic acids is 1. The highest BCUT2D eigenvalue weighted by Gasteiger charge is 2.11. The van der Waals surface area contributed by atoms with Gasteiger partial charge in [-0.3, -0.25) is 4.79 Å². The number of nitrogens with two attached hydrogens (primary N) is 1. The van der Waals surface area contributed by atoms with Crippen LogP contribution in [0.25, 0.3) is 0 Å². The number of rotatable bonds is 5. The molecule has 0 atom stereocenters. The van der Waals surface area contributed by atoms with E-state index in [0.29, 0.717) is 11.3 Å². The molecule has 7 heteroatoms. The van der Waals surface area contributed by atoms with E-state index in [1.807, 2.05) is 0 Å². The number of nitrogens with one attached hydrogen (secondary N) is 1. The molecule has 0 fully saturated rings. The fourth-order valence-corrected chi connectivity index (χ4v) is 1.79. The molecule has 3 N–H and O–H groups in total. The van der Waals surface area contributed by atoms with Crippen molar-refractivity contribution in [3.63, 3.8) is 0 Å². The van der Waals surface area contributed by atoms with E-state index >= 15 is 0 Å². The average molecular weight is 272 g/mol. The zero-order valence-electron chi connectivity index (χ0n) is 10.3. The van der Waals surface area contributed by atoms with Gasteiger partial charge in [0.25, 0.3) is 5.91 Å². The molecule has 6 nitrogen and oxygen atoms in total. The molecule has 0 saturated carbocycles. The Morgan fingerprint density at radius 2 is 2.11 bits per heavy atom. The molecule has 0 radical (unpaired) electrons. The first kappa shape index (κ1) is 14.3. The summed E-state index contributed by atoms with van der Waals surface area (Å²) in [7, 11) is -1.59. The van der Waals surface area contributed by atoms with Gasteiger partial charge in [-0.2, -0.15) is 0 Å². The summed E-state index contributed by atoms with van der Waals surface area (Å²) in [6.45, 7) is 0.0587. The Morgan fingerprint density at radius 1 is 1.44 bits per heavy atom. The van der Waals surface area contributed by atoms with Gasteiger partial charge in [0, 0.05) is 24.6 Å². The number of sulfone groups is 1. The Hall–Kier alpha value is -1.76. The third-order valence-electron chi connectivity index (χ3n) is 2.26. The van der Waals surface area contributed by atoms with Gasteiger partial charge in [0.1, 0.15) is 15.6 Å². The minimum Gasteiger partial charge on any atom is -0.497 e. The van der Waals surface area contributed by atoms with Crippen LogP contribution in [0.15, 0.2) is 18.2 Å². The molecule has 0 bridgehead atoms. The summed E-state index contributed by atoms with van der Waals surface area (Å²) in [5, 5.41) is 2.49. The predicted octanol–water partition coefficient (Wildman–Crippen LogP) is 0.0518. The van der Waals surface area contributed by atoms with Crippen LogP contribution in [-0.4, -0.2) is 40.0 Å². The molecule has 1 rings (SSSR count). The van der Waals surface area contributed by atoms with Crippen molar-refractivity contribution in [1.82, 2.24) is 5.32 Å². The first-order chi connectivity index (χ1) is 8.33. The van der Waals surface area contributed by atoms with Crippen molar-refractivity contribution < 1.29 is 17.9 Å². The van der Waals surface area contributed by atoms with Gasteiger partial charge in [-0.1, -0.05) is 0 Å². The number of hydrogen-bond acceptors (Lipinski definition) is 5. The lowest BCUT2D eigenvalue weighted by molar-refractivity contribution is 0.0957. The molecule has 1 aromatic rings. The minimum atomic E-state index is -3.09. The summed E-state index contributed by atoms with van der Waals surface area (Å²) in [5.41, 5.74) is 6.28. The molecule has 1 amide bonds. The number of methoxy groups -OCH3 is 1. The van der Waals surface area contributed by atoms with Crippen LogP contribution in [0, 0.1) is 0 Å². The van der Waals surface area contributed by atoms with E-state index in [9.17, 15) is 13.2 Å². The zero-order valence-corrected chi connectivity index (χ0v) is 11.1. The number of amides is 1. The van der Waals surface area contributed by atoms with Crippen LogP contribution in [0.1, 0.15) is 10.4 Å². The predicted molar refractivity (Wildman–Crippen MR) is 69.5 cm³/mol. The summed E-state index contributed by atoms with van der Waals surface area (Å²) < 4.78 is 26.8. The van der Waals surface area contributed by atoms with Crippen LogP contribution in [0.5, 0.6) is 5.75 Å². The number of benzene rings is 1. The summed E-state index contributed by atoms with van der Waals surface area (Å²) >= 11 is 0. The quantitative estimate of drug-likeness (QED) is 0.738. The lowest BCUT2D eigenvalue weighted by Crippen LogP contribution is -2.29. The summed E-state index contributed by atoms with van der Waals surface area (Å²) in [6.07, 6.45) is 1.11. The molecule has 0 aliphatic heterocycles. The Balaban J connectivity index is 2.67. The largest absolute Gasteiger partial charge is 0.497 e. The van der Waals surface area contributed by atoms with Crippen LogP contribution in [0.4, 0.5) is 5.69 Å². The van der Waals surface area contributed by atoms with Crippen molar-refractivity contribution in [3.8, 4) is 5.75 Å². The van der Waals surface area contributed by atoms with Gasteiger partial charge in [-0.25, -0.2) is 8.42 Å². The van der Waals surface area contributed by atoms with Crippen LogP contribution < -0.4 is 15.8 Å². The van der Waals surface area contributed by atoms with Gasteiger partial charge in [0.05, 0.1) is 18.4 Å². The first-order valence-electron chi connectivity index (χ1n) is 5.23. The van der Waals surface area contributed by atoms with Crippen LogP contribution in [0.2, 0.25) is 0 Å². The molecule has 0 aliphatic carbocycles. The van der Waals surface area contributed by atoms with Crippen molar-refractivity contribution in [2.75, 3.05) is 31.4 Å². The van der Waals surface area contributed by atoms with Gasteiger partial charge in [-0.05, 0) is 12.1 Å². The lowest BCUT2D eigenvalue weighted by Gasteiger charge is -2.08. The molecule has 100 valence electrons. The van der Waals surface area contributed by atoms with Gasteiger partial charge in [0.2, 0.25) is 0 Å². The standard InChI is InChI=1S/C11H16N2O4S/c1-17-8-3-4-9(10(12)7-8)11(14)13-5-6-18(2,15)16/h3-4,7H,5-6,12H2,1-2H3,(H,13,14). The molecule has 18 heavy (non-hydrogen) atoms. The highest BCUT2D eigenvalue weighted by atomic mass is 32.2. The monoisotopic (exact) mass is 272 g/mol. The SMILES string of the molecule is COc1ccc(C(=O)NCCS(C)(=O)=O)c(N)c1. The smallest absolute Gasteiger partial charge is 0.253 e. The van der Waals surface area contributed by atoms with Gasteiger partial charge < -0.3 is 15.8 Å². The highest BCUT2D eigenvalue weighted by molar-refractivity contribution is 7.90. The van der Waals surface area contributed by atoms with Crippen LogP contribution in [-0.2, 0) is 9.84 Å². The molecule has 0 saturated heterocycles. The van der Waals surface area contributed by atoms with Crippen molar-refractivity contribution >= 4 is 21.4 Å². The van der Waals surface area contributed by atoms with Crippen molar-refractivity contribution in [2.45, 2.75) is 0 Å². The number of nitrogen functional groups attached to an aromatic ring is 1. The molecular formula is C11H16N2O4S. The van der Waals surface area contributed by atoms with E-state index in [0.717, 1.165) is 6.26 Å². The average Bonchev–Trinajstić information content (AvgIpc) is 2.26. The number of ether oxygens (including phenoxy) is 1. The summed E-state index contributed by atoms with van der Waals surface area (Å²) in [6, 6.07) is 4.68. The first-order valence-corrected chi connectivity index (χ1v) is 7.29. The third-order valence-corrected chi connectivity index (χ3v) is 3.21. The van der Waals surface area contributed by atoms with Crippen LogP contribution >= 0.6 is 0 Å². The second-order valence-electron chi connectivity index (χ2n) is 3.84. The molecule has 0 aromatic heterocycles. The second kappa shape index (κ2) is 5.72. The maximum Gasteiger partial charge on any atom is 0.253 e. The molecular weight excluding hydrogens is 256 g/mol. The van der Waals surface area contributed by atoms with Crippen LogP contribution in [0.3, 0.4) is 0 Å². The van der Waals surface area contributed by atoms with Crippen molar-refractivity contribution in [1.29, 1.82) is 0 Å².